The molecule has 1 aliphatic carbocycles. The van der Waals surface area contributed by atoms with Gasteiger partial charge in [-0.3, -0.25) is 9.59 Å². The van der Waals surface area contributed by atoms with E-state index in [1.54, 1.807) is 30.3 Å². The molecule has 0 saturated carbocycles. The summed E-state index contributed by atoms with van der Waals surface area (Å²) in [6.45, 7) is 10.1. The van der Waals surface area contributed by atoms with Crippen LogP contribution in [0.15, 0.2) is 48.0 Å². The Hall–Kier alpha value is -2.68. The highest BCUT2D eigenvalue weighted by Crippen LogP contribution is 2.44. The van der Waals surface area contributed by atoms with E-state index in [1.807, 2.05) is 6.07 Å². The number of ketones is 2. The largest absolute Gasteiger partial charge is 0.366 e. The third-order valence-electron chi connectivity index (χ3n) is 6.07. The van der Waals surface area contributed by atoms with Gasteiger partial charge in [0.15, 0.2) is 11.6 Å². The van der Waals surface area contributed by atoms with Crippen molar-refractivity contribution in [2.45, 2.75) is 52.0 Å². The van der Waals surface area contributed by atoms with Crippen molar-refractivity contribution in [2.24, 2.45) is 0 Å². The molecule has 1 unspecified atom stereocenters. The highest BCUT2D eigenvalue weighted by atomic mass is 16.2. The van der Waals surface area contributed by atoms with E-state index in [0.717, 1.165) is 24.9 Å². The molecule has 3 nitrogen and oxygen atoms in total. The number of rotatable bonds is 3. The van der Waals surface area contributed by atoms with Gasteiger partial charge in [0.2, 0.25) is 0 Å². The summed E-state index contributed by atoms with van der Waals surface area (Å²) < 4.78 is 0. The monoisotopic (exact) mass is 373 g/mol. The van der Waals surface area contributed by atoms with E-state index in [-0.39, 0.29) is 22.7 Å². The molecular weight excluding hydrogens is 346 g/mol. The Balaban J connectivity index is 1.75. The van der Waals surface area contributed by atoms with E-state index >= 15 is 0 Å². The molecule has 144 valence electrons. The summed E-state index contributed by atoms with van der Waals surface area (Å²) in [7, 11) is 0. The Kier molecular flexibility index (Phi) is 4.49. The molecule has 28 heavy (non-hydrogen) atoms. The van der Waals surface area contributed by atoms with E-state index in [2.05, 4.69) is 44.7 Å². The first-order valence-corrected chi connectivity index (χ1v) is 10.1. The lowest BCUT2D eigenvalue weighted by Crippen LogP contribution is -2.48. The molecule has 0 N–H and O–H groups in total. The first-order chi connectivity index (χ1) is 13.3. The number of hydrogen-bond donors (Lipinski definition) is 0. The fourth-order valence-electron chi connectivity index (χ4n) is 4.82. The number of benzene rings is 2. The van der Waals surface area contributed by atoms with Gasteiger partial charge in [-0.2, -0.15) is 0 Å². The minimum atomic E-state index is -0.167. The summed E-state index contributed by atoms with van der Waals surface area (Å²) >= 11 is 0. The van der Waals surface area contributed by atoms with Crippen LogP contribution in [-0.2, 0) is 0 Å². The summed E-state index contributed by atoms with van der Waals surface area (Å²) in [4.78, 5) is 27.9. The van der Waals surface area contributed by atoms with E-state index < -0.39 is 0 Å². The van der Waals surface area contributed by atoms with Crippen LogP contribution >= 0.6 is 0 Å². The zero-order valence-corrected chi connectivity index (χ0v) is 17.1. The minimum absolute atomic E-state index is 0.126. The molecule has 1 atom stereocenters. The second-order valence-corrected chi connectivity index (χ2v) is 8.65. The van der Waals surface area contributed by atoms with E-state index in [0.29, 0.717) is 17.0 Å². The van der Waals surface area contributed by atoms with Gasteiger partial charge in [0, 0.05) is 28.9 Å². The number of anilines is 1. The fraction of sp³-hybridized carbons (Fsp3) is 0.360. The van der Waals surface area contributed by atoms with Crippen molar-refractivity contribution in [3.05, 3.63) is 70.3 Å². The SMILES string of the molecule is CCCN1c2ccc(C=C3C(=O)c4ccccc4C3=O)cc2C(C)CC1(C)C. The Bertz CT molecular complexity index is 962. The maximum absolute atomic E-state index is 12.7. The molecule has 0 saturated heterocycles. The summed E-state index contributed by atoms with van der Waals surface area (Å²) in [6.07, 6.45) is 3.95. The average molecular weight is 373 g/mol. The number of hydrogen-bond acceptors (Lipinski definition) is 3. The standard InChI is InChI=1S/C25H27NO2/c1-5-12-26-22-11-10-17(13-20(22)16(2)15-25(26,3)4)14-21-23(27)18-8-6-7-9-19(18)24(21)28/h6-11,13-14,16H,5,12,15H2,1-4H3. The normalized spacial score (nSPS) is 20.2. The highest BCUT2D eigenvalue weighted by molar-refractivity contribution is 6.41. The maximum Gasteiger partial charge on any atom is 0.197 e. The van der Waals surface area contributed by atoms with Crippen molar-refractivity contribution in [2.75, 3.05) is 11.4 Å². The predicted molar refractivity (Wildman–Crippen MR) is 114 cm³/mol. The molecule has 0 spiro atoms. The zero-order chi connectivity index (χ0) is 20.1. The first kappa shape index (κ1) is 18.7. The molecule has 0 aromatic heterocycles. The summed E-state index contributed by atoms with van der Waals surface area (Å²) in [5, 5.41) is 0. The summed E-state index contributed by atoms with van der Waals surface area (Å²) in [5.74, 6) is 0.101. The van der Waals surface area contributed by atoms with Crippen molar-refractivity contribution in [1.29, 1.82) is 0 Å². The lowest BCUT2D eigenvalue weighted by Gasteiger charge is -2.47. The van der Waals surface area contributed by atoms with Gasteiger partial charge >= 0.3 is 0 Å². The van der Waals surface area contributed by atoms with Crippen LogP contribution in [0.4, 0.5) is 5.69 Å². The van der Waals surface area contributed by atoms with Crippen LogP contribution in [0.3, 0.4) is 0 Å². The van der Waals surface area contributed by atoms with Crippen LogP contribution in [-0.4, -0.2) is 23.7 Å². The van der Waals surface area contributed by atoms with Crippen LogP contribution in [0.25, 0.3) is 6.08 Å². The fourth-order valence-corrected chi connectivity index (χ4v) is 4.82. The van der Waals surface area contributed by atoms with E-state index in [1.165, 1.54) is 11.3 Å². The quantitative estimate of drug-likeness (QED) is 0.515. The molecule has 4 rings (SSSR count). The highest BCUT2D eigenvalue weighted by Gasteiger charge is 2.36. The van der Waals surface area contributed by atoms with Crippen molar-refractivity contribution < 1.29 is 9.59 Å². The first-order valence-electron chi connectivity index (χ1n) is 10.1. The summed E-state index contributed by atoms with van der Waals surface area (Å²) in [6, 6.07) is 13.4. The van der Waals surface area contributed by atoms with Crippen molar-refractivity contribution in [3.8, 4) is 0 Å². The molecule has 0 amide bonds. The third-order valence-corrected chi connectivity index (χ3v) is 6.07. The van der Waals surface area contributed by atoms with Gasteiger partial charge in [-0.15, -0.1) is 0 Å². The second-order valence-electron chi connectivity index (χ2n) is 8.65. The van der Waals surface area contributed by atoms with Crippen molar-refractivity contribution in [1.82, 2.24) is 0 Å². The Morgan fingerprint density at radius 2 is 1.71 bits per heavy atom. The maximum atomic E-state index is 12.7. The Labute approximate surface area is 167 Å². The molecule has 0 radical (unpaired) electrons. The van der Waals surface area contributed by atoms with Crippen LogP contribution in [0.1, 0.15) is 78.3 Å². The number of carbonyl (C=O) groups excluding carboxylic acids is 2. The Morgan fingerprint density at radius 1 is 1.07 bits per heavy atom. The predicted octanol–water partition coefficient (Wildman–Crippen LogP) is 5.65. The topological polar surface area (TPSA) is 37.4 Å². The minimum Gasteiger partial charge on any atom is -0.366 e. The average Bonchev–Trinajstić information content (AvgIpc) is 2.90. The van der Waals surface area contributed by atoms with Crippen LogP contribution in [0, 0.1) is 0 Å². The molecule has 0 fully saturated rings. The van der Waals surface area contributed by atoms with Gasteiger partial charge in [0.1, 0.15) is 0 Å². The van der Waals surface area contributed by atoms with Gasteiger partial charge in [0.25, 0.3) is 0 Å². The number of carbonyl (C=O) groups is 2. The van der Waals surface area contributed by atoms with Gasteiger partial charge in [0.05, 0.1) is 5.57 Å². The molecule has 1 heterocycles. The molecule has 3 heteroatoms. The molecule has 2 aromatic carbocycles. The van der Waals surface area contributed by atoms with Gasteiger partial charge in [-0.05, 0) is 61.9 Å². The number of nitrogens with zero attached hydrogens (tertiary/aromatic N) is 1. The summed E-state index contributed by atoms with van der Waals surface area (Å²) in [5.41, 5.74) is 4.93. The smallest absolute Gasteiger partial charge is 0.197 e. The second kappa shape index (κ2) is 6.73. The lowest BCUT2D eigenvalue weighted by atomic mass is 9.79. The van der Waals surface area contributed by atoms with E-state index in [9.17, 15) is 9.59 Å². The number of allylic oxidation sites excluding steroid dienone is 1. The molecular formula is C25H27NO2. The van der Waals surface area contributed by atoms with Crippen LogP contribution in [0.5, 0.6) is 0 Å². The van der Waals surface area contributed by atoms with E-state index in [4.69, 9.17) is 0 Å². The molecule has 0 bridgehead atoms. The molecule has 1 aliphatic heterocycles. The number of fused-ring (bicyclic) bond motifs is 2. The van der Waals surface area contributed by atoms with Gasteiger partial charge < -0.3 is 4.90 Å². The molecule has 2 aromatic rings. The zero-order valence-electron chi connectivity index (χ0n) is 17.1. The lowest BCUT2D eigenvalue weighted by molar-refractivity contribution is 0.0990. The van der Waals surface area contributed by atoms with Crippen molar-refractivity contribution in [3.63, 3.8) is 0 Å². The number of Topliss-reactive ketones (excluding diaryl/α,β-unsaturated/α-hetero) is 2. The molecule has 2 aliphatic rings. The van der Waals surface area contributed by atoms with Gasteiger partial charge in [-0.25, -0.2) is 0 Å². The van der Waals surface area contributed by atoms with Crippen LogP contribution < -0.4 is 4.90 Å². The van der Waals surface area contributed by atoms with Crippen LogP contribution in [0.2, 0.25) is 0 Å². The third kappa shape index (κ3) is 2.90. The van der Waals surface area contributed by atoms with Gasteiger partial charge in [-0.1, -0.05) is 44.2 Å². The van der Waals surface area contributed by atoms with Crippen molar-refractivity contribution >= 4 is 23.3 Å². The Morgan fingerprint density at radius 3 is 2.32 bits per heavy atom.